The van der Waals surface area contributed by atoms with Crippen LogP contribution in [0.2, 0.25) is 5.02 Å². The number of benzene rings is 1. The monoisotopic (exact) mass is 271 g/mol. The first kappa shape index (κ1) is 12.4. The third-order valence-electron chi connectivity index (χ3n) is 2.91. The van der Waals surface area contributed by atoms with E-state index in [4.69, 9.17) is 23.2 Å². The molecule has 1 aliphatic heterocycles. The number of hydrogen-bond acceptors (Lipinski definition) is 2. The van der Waals surface area contributed by atoms with Gasteiger partial charge in [0.05, 0.1) is 5.92 Å². The van der Waals surface area contributed by atoms with Crippen LogP contribution in [0.1, 0.15) is 12.0 Å². The van der Waals surface area contributed by atoms with Gasteiger partial charge in [0.15, 0.2) is 0 Å². The molecule has 1 aliphatic rings. The van der Waals surface area contributed by atoms with Crippen LogP contribution in [0.3, 0.4) is 0 Å². The average Bonchev–Trinajstić information content (AvgIpc) is 2.64. The zero-order valence-electron chi connectivity index (χ0n) is 9.24. The molecule has 0 spiro atoms. The molecule has 0 aromatic heterocycles. The summed E-state index contributed by atoms with van der Waals surface area (Å²) in [7, 11) is 0. The Kier molecular flexibility index (Phi) is 3.40. The van der Waals surface area contributed by atoms with Gasteiger partial charge < -0.3 is 4.90 Å². The van der Waals surface area contributed by atoms with E-state index in [9.17, 15) is 9.59 Å². The minimum Gasteiger partial charge on any atom is -0.311 e. The third kappa shape index (κ3) is 2.45. The number of carbonyl (C=O) groups excluding carboxylic acids is 2. The fourth-order valence-electron chi connectivity index (χ4n) is 1.97. The van der Waals surface area contributed by atoms with Crippen LogP contribution in [0.25, 0.3) is 0 Å². The van der Waals surface area contributed by atoms with Gasteiger partial charge in [0, 0.05) is 23.7 Å². The van der Waals surface area contributed by atoms with Crippen molar-refractivity contribution in [3.63, 3.8) is 0 Å². The quantitative estimate of drug-likeness (QED) is 0.776. The summed E-state index contributed by atoms with van der Waals surface area (Å²) in [5, 5.41) is 0.111. The van der Waals surface area contributed by atoms with Crippen LogP contribution in [0.4, 0.5) is 5.69 Å². The van der Waals surface area contributed by atoms with E-state index in [-0.39, 0.29) is 12.3 Å². The van der Waals surface area contributed by atoms with Crippen molar-refractivity contribution in [3.8, 4) is 0 Å². The number of nitrogens with zero attached hydrogens (tertiary/aromatic N) is 1. The maximum atomic E-state index is 11.8. The van der Waals surface area contributed by atoms with Gasteiger partial charge in [0.25, 0.3) is 0 Å². The molecule has 2 rings (SSSR count). The standard InChI is InChI=1S/C12H11Cl2NO2/c1-7-2-3-9(13)5-10(7)15-6-8(12(14)17)4-11(15)16/h2-3,5,8H,4,6H2,1H3. The molecular formula is C12H11Cl2NO2. The van der Waals surface area contributed by atoms with Crippen molar-refractivity contribution in [3.05, 3.63) is 28.8 Å². The van der Waals surface area contributed by atoms with Gasteiger partial charge in [0.2, 0.25) is 11.1 Å². The second-order valence-corrected chi connectivity index (χ2v) is 4.95. The maximum Gasteiger partial charge on any atom is 0.227 e. The molecule has 1 saturated heterocycles. The summed E-state index contributed by atoms with van der Waals surface area (Å²) in [5.74, 6) is -0.503. The molecule has 1 fully saturated rings. The highest BCUT2D eigenvalue weighted by Gasteiger charge is 2.34. The van der Waals surface area contributed by atoms with Crippen molar-refractivity contribution in [2.45, 2.75) is 13.3 Å². The molecule has 1 aromatic rings. The molecule has 1 unspecified atom stereocenters. The summed E-state index contributed by atoms with van der Waals surface area (Å²) in [4.78, 5) is 24.5. The molecule has 17 heavy (non-hydrogen) atoms. The van der Waals surface area contributed by atoms with E-state index in [2.05, 4.69) is 0 Å². The fraction of sp³-hybridized carbons (Fsp3) is 0.333. The first-order valence-corrected chi connectivity index (χ1v) is 6.00. The minimum atomic E-state index is -0.458. The van der Waals surface area contributed by atoms with Crippen LogP contribution in [0.5, 0.6) is 0 Å². The zero-order chi connectivity index (χ0) is 12.6. The van der Waals surface area contributed by atoms with Gasteiger partial charge in [-0.3, -0.25) is 9.59 Å². The Morgan fingerprint density at radius 3 is 2.76 bits per heavy atom. The molecular weight excluding hydrogens is 261 g/mol. The third-order valence-corrected chi connectivity index (χ3v) is 3.45. The number of carbonyl (C=O) groups is 2. The summed E-state index contributed by atoms with van der Waals surface area (Å²) in [6.45, 7) is 2.23. The lowest BCUT2D eigenvalue weighted by molar-refractivity contribution is -0.120. The number of aryl methyl sites for hydroxylation is 1. The topological polar surface area (TPSA) is 37.4 Å². The van der Waals surface area contributed by atoms with Gasteiger partial charge in [-0.2, -0.15) is 0 Å². The Balaban J connectivity index is 2.32. The van der Waals surface area contributed by atoms with Crippen molar-refractivity contribution < 1.29 is 9.59 Å². The SMILES string of the molecule is Cc1ccc(Cl)cc1N1CC(C(=O)Cl)CC1=O. The predicted molar refractivity (Wildman–Crippen MR) is 67.5 cm³/mol. The fourth-order valence-corrected chi connectivity index (χ4v) is 2.28. The number of rotatable bonds is 2. The van der Waals surface area contributed by atoms with Crippen molar-refractivity contribution in [1.82, 2.24) is 0 Å². The maximum absolute atomic E-state index is 11.8. The van der Waals surface area contributed by atoms with Gasteiger partial charge in [-0.05, 0) is 36.2 Å². The zero-order valence-corrected chi connectivity index (χ0v) is 10.8. The highest BCUT2D eigenvalue weighted by atomic mass is 35.5. The van der Waals surface area contributed by atoms with Crippen molar-refractivity contribution in [1.29, 1.82) is 0 Å². The predicted octanol–water partition coefficient (Wildman–Crippen LogP) is 2.77. The Morgan fingerprint density at radius 2 is 2.18 bits per heavy atom. The number of anilines is 1. The van der Waals surface area contributed by atoms with E-state index in [1.165, 1.54) is 0 Å². The normalized spacial score (nSPS) is 19.8. The Labute approximate surface area is 109 Å². The molecule has 1 heterocycles. The van der Waals surface area contributed by atoms with Crippen LogP contribution in [0.15, 0.2) is 18.2 Å². The second-order valence-electron chi connectivity index (χ2n) is 4.14. The van der Waals surface area contributed by atoms with E-state index >= 15 is 0 Å². The van der Waals surface area contributed by atoms with Gasteiger partial charge in [-0.25, -0.2) is 0 Å². The Morgan fingerprint density at radius 1 is 1.47 bits per heavy atom. The highest BCUT2D eigenvalue weighted by molar-refractivity contribution is 6.64. The molecule has 0 saturated carbocycles. The molecule has 0 radical (unpaired) electrons. The molecule has 0 N–H and O–H groups in total. The molecule has 5 heteroatoms. The summed E-state index contributed by atoms with van der Waals surface area (Å²) in [6.07, 6.45) is 0.175. The second kappa shape index (κ2) is 4.67. The summed E-state index contributed by atoms with van der Waals surface area (Å²) < 4.78 is 0. The Hall–Kier alpha value is -1.06. The van der Waals surface area contributed by atoms with E-state index in [0.29, 0.717) is 11.6 Å². The lowest BCUT2D eigenvalue weighted by atomic mass is 10.1. The molecule has 90 valence electrons. The van der Waals surface area contributed by atoms with Crippen LogP contribution < -0.4 is 4.90 Å². The van der Waals surface area contributed by atoms with Crippen LogP contribution >= 0.6 is 23.2 Å². The average molecular weight is 272 g/mol. The van der Waals surface area contributed by atoms with Crippen molar-refractivity contribution in [2.24, 2.45) is 5.92 Å². The minimum absolute atomic E-state index is 0.0885. The van der Waals surface area contributed by atoms with E-state index < -0.39 is 11.2 Å². The van der Waals surface area contributed by atoms with Crippen molar-refractivity contribution in [2.75, 3.05) is 11.4 Å². The first-order valence-electron chi connectivity index (χ1n) is 5.25. The van der Waals surface area contributed by atoms with Gasteiger partial charge >= 0.3 is 0 Å². The highest BCUT2D eigenvalue weighted by Crippen LogP contribution is 2.30. The summed E-state index contributed by atoms with van der Waals surface area (Å²) >= 11 is 11.3. The van der Waals surface area contributed by atoms with Crippen LogP contribution in [-0.4, -0.2) is 17.7 Å². The smallest absolute Gasteiger partial charge is 0.227 e. The van der Waals surface area contributed by atoms with E-state index in [0.717, 1.165) is 11.3 Å². The molecule has 0 aliphatic carbocycles. The number of amides is 1. The van der Waals surface area contributed by atoms with E-state index in [1.807, 2.05) is 13.0 Å². The first-order chi connectivity index (χ1) is 7.99. The molecule has 1 aromatic carbocycles. The lowest BCUT2D eigenvalue weighted by Crippen LogP contribution is -2.25. The largest absolute Gasteiger partial charge is 0.311 e. The van der Waals surface area contributed by atoms with E-state index in [1.54, 1.807) is 17.0 Å². The molecule has 0 bridgehead atoms. The lowest BCUT2D eigenvalue weighted by Gasteiger charge is -2.18. The van der Waals surface area contributed by atoms with Crippen molar-refractivity contribution >= 4 is 40.0 Å². The summed E-state index contributed by atoms with van der Waals surface area (Å²) in [6, 6.07) is 5.35. The van der Waals surface area contributed by atoms with Crippen LogP contribution in [-0.2, 0) is 9.59 Å². The Bertz CT molecular complexity index is 487. The summed E-state index contributed by atoms with van der Waals surface area (Å²) in [5.41, 5.74) is 1.70. The molecule has 1 atom stereocenters. The van der Waals surface area contributed by atoms with Crippen LogP contribution in [0, 0.1) is 12.8 Å². The number of hydrogen-bond donors (Lipinski definition) is 0. The van der Waals surface area contributed by atoms with Gasteiger partial charge in [-0.15, -0.1) is 0 Å². The van der Waals surface area contributed by atoms with Gasteiger partial charge in [-0.1, -0.05) is 17.7 Å². The molecule has 1 amide bonds. The molecule has 3 nitrogen and oxygen atoms in total. The van der Waals surface area contributed by atoms with Gasteiger partial charge in [0.1, 0.15) is 0 Å². The number of halogens is 2.